The summed E-state index contributed by atoms with van der Waals surface area (Å²) in [6.07, 6.45) is 4.03. The monoisotopic (exact) mass is 548 g/mol. The Morgan fingerprint density at radius 1 is 1.21 bits per heavy atom. The number of aryl methyl sites for hydroxylation is 1. The zero-order chi connectivity index (χ0) is 27.7. The minimum absolute atomic E-state index is 0.0687. The molecule has 9 nitrogen and oxygen atoms in total. The van der Waals surface area contributed by atoms with Crippen LogP contribution in [0.1, 0.15) is 52.8 Å². The van der Waals surface area contributed by atoms with Gasteiger partial charge in [-0.05, 0) is 51.1 Å². The van der Waals surface area contributed by atoms with Crippen LogP contribution in [0.4, 0.5) is 0 Å². The number of aromatic nitrogens is 3. The van der Waals surface area contributed by atoms with Crippen LogP contribution in [0.3, 0.4) is 0 Å². The fourth-order valence-electron chi connectivity index (χ4n) is 5.56. The van der Waals surface area contributed by atoms with E-state index < -0.39 is 0 Å². The Labute approximate surface area is 232 Å². The molecule has 5 rings (SSSR count). The van der Waals surface area contributed by atoms with Crippen LogP contribution in [0.25, 0.3) is 16.0 Å². The number of pyridine rings is 2. The summed E-state index contributed by atoms with van der Waals surface area (Å²) in [4.78, 5) is 39.3. The van der Waals surface area contributed by atoms with Gasteiger partial charge in [0.2, 0.25) is 0 Å². The summed E-state index contributed by atoms with van der Waals surface area (Å²) in [5, 5.41) is 2.97. The van der Waals surface area contributed by atoms with Gasteiger partial charge < -0.3 is 24.3 Å². The number of ether oxygens (including phenoxy) is 1. The SMILES string of the molecule is CCN1CCN(C(C)c2c(C)c(C(=O)NCc3c(OC)cc(C)[nH]c3=O)cc3cc(-c4cncs4)cn23)CC1. The van der Waals surface area contributed by atoms with Crippen molar-refractivity contribution in [1.29, 1.82) is 0 Å². The van der Waals surface area contributed by atoms with Crippen molar-refractivity contribution >= 4 is 22.8 Å². The highest BCUT2D eigenvalue weighted by Gasteiger charge is 2.27. The van der Waals surface area contributed by atoms with E-state index in [-0.39, 0.29) is 24.1 Å². The molecular formula is C29H36N6O3S. The van der Waals surface area contributed by atoms with E-state index in [1.807, 2.05) is 24.7 Å². The normalized spacial score (nSPS) is 15.5. The summed E-state index contributed by atoms with van der Waals surface area (Å²) >= 11 is 1.60. The van der Waals surface area contributed by atoms with Gasteiger partial charge in [0.05, 0.1) is 29.6 Å². The van der Waals surface area contributed by atoms with Crippen LogP contribution >= 0.6 is 11.3 Å². The predicted molar refractivity (Wildman–Crippen MR) is 155 cm³/mol. The Kier molecular flexibility index (Phi) is 7.88. The average Bonchev–Trinajstić information content (AvgIpc) is 3.61. The Morgan fingerprint density at radius 3 is 2.64 bits per heavy atom. The molecule has 1 atom stereocenters. The van der Waals surface area contributed by atoms with Gasteiger partial charge in [0.15, 0.2) is 0 Å². The molecule has 5 heterocycles. The summed E-state index contributed by atoms with van der Waals surface area (Å²) in [6.45, 7) is 13.4. The number of aromatic amines is 1. The lowest BCUT2D eigenvalue weighted by atomic mass is 10.0. The molecule has 1 aliphatic heterocycles. The lowest BCUT2D eigenvalue weighted by Crippen LogP contribution is -2.47. The summed E-state index contributed by atoms with van der Waals surface area (Å²) < 4.78 is 7.64. The summed E-state index contributed by atoms with van der Waals surface area (Å²) in [5.74, 6) is 0.242. The van der Waals surface area contributed by atoms with Gasteiger partial charge in [-0.25, -0.2) is 0 Å². The van der Waals surface area contributed by atoms with E-state index in [0.29, 0.717) is 22.6 Å². The zero-order valence-corrected chi connectivity index (χ0v) is 24.0. The molecule has 0 saturated carbocycles. The molecule has 0 aromatic carbocycles. The molecule has 1 aliphatic rings. The van der Waals surface area contributed by atoms with Gasteiger partial charge in [-0.2, -0.15) is 0 Å². The first-order valence-corrected chi connectivity index (χ1v) is 14.2. The molecule has 0 spiro atoms. The maximum atomic E-state index is 13.6. The highest BCUT2D eigenvalue weighted by molar-refractivity contribution is 7.13. The van der Waals surface area contributed by atoms with Gasteiger partial charge in [-0.15, -0.1) is 11.3 Å². The lowest BCUT2D eigenvalue weighted by molar-refractivity contribution is 0.0947. The number of amides is 1. The smallest absolute Gasteiger partial charge is 0.256 e. The number of H-pyrrole nitrogens is 1. The second-order valence-corrected chi connectivity index (χ2v) is 11.0. The Morgan fingerprint density at radius 2 is 1.97 bits per heavy atom. The Balaban J connectivity index is 1.52. The first kappa shape index (κ1) is 27.1. The number of rotatable bonds is 8. The molecule has 1 amide bonds. The summed E-state index contributed by atoms with van der Waals surface area (Å²) in [6, 6.07) is 5.93. The van der Waals surface area contributed by atoms with E-state index in [2.05, 4.69) is 55.6 Å². The molecule has 0 aliphatic carbocycles. The third-order valence-electron chi connectivity index (χ3n) is 7.82. The van der Waals surface area contributed by atoms with E-state index in [1.54, 1.807) is 24.3 Å². The minimum atomic E-state index is -0.263. The van der Waals surface area contributed by atoms with E-state index >= 15 is 0 Å². The molecule has 10 heteroatoms. The lowest BCUT2D eigenvalue weighted by Gasteiger charge is -2.38. The number of hydrogen-bond acceptors (Lipinski definition) is 7. The van der Waals surface area contributed by atoms with E-state index in [1.165, 1.54) is 7.11 Å². The Bertz CT molecular complexity index is 1530. The molecule has 2 N–H and O–H groups in total. The minimum Gasteiger partial charge on any atom is -0.496 e. The highest BCUT2D eigenvalue weighted by atomic mass is 32.1. The molecule has 39 heavy (non-hydrogen) atoms. The maximum Gasteiger partial charge on any atom is 0.256 e. The zero-order valence-electron chi connectivity index (χ0n) is 23.2. The molecule has 1 unspecified atom stereocenters. The number of fused-ring (bicyclic) bond motifs is 1. The standard InChI is InChI=1S/C29H36N6O3S/c1-6-33-7-9-34(10-8-33)20(4)27-19(3)23(13-22-12-21(16-35(22)27)26-15-30-17-39-26)28(36)31-14-24-25(38-5)11-18(2)32-29(24)37/h11-13,15-17,20H,6-10,14H2,1-5H3,(H,31,36)(H,32,37). The van der Waals surface area contributed by atoms with Gasteiger partial charge in [0.25, 0.3) is 11.5 Å². The third kappa shape index (κ3) is 5.36. The van der Waals surface area contributed by atoms with Crippen molar-refractivity contribution in [3.05, 3.63) is 74.5 Å². The van der Waals surface area contributed by atoms with Gasteiger partial charge in [-0.3, -0.25) is 19.5 Å². The van der Waals surface area contributed by atoms with Crippen molar-refractivity contribution in [2.75, 3.05) is 39.8 Å². The molecule has 206 valence electrons. The first-order chi connectivity index (χ1) is 18.8. The maximum absolute atomic E-state index is 13.6. The fraction of sp³-hybridized carbons (Fsp3) is 0.414. The van der Waals surface area contributed by atoms with E-state index in [4.69, 9.17) is 4.74 Å². The quantitative estimate of drug-likeness (QED) is 0.346. The molecule has 0 radical (unpaired) electrons. The van der Waals surface area contributed by atoms with Gasteiger partial charge >= 0.3 is 0 Å². The van der Waals surface area contributed by atoms with Crippen LogP contribution in [0, 0.1) is 13.8 Å². The number of carbonyl (C=O) groups is 1. The number of nitrogens with zero attached hydrogens (tertiary/aromatic N) is 4. The number of methoxy groups -OCH3 is 1. The largest absolute Gasteiger partial charge is 0.496 e. The average molecular weight is 549 g/mol. The van der Waals surface area contributed by atoms with Crippen molar-refractivity contribution < 1.29 is 9.53 Å². The fourth-order valence-corrected chi connectivity index (χ4v) is 6.16. The number of likely N-dealkylation sites (N-methyl/N-ethyl adjacent to an activating group) is 1. The number of carbonyl (C=O) groups excluding carboxylic acids is 1. The molecular weight excluding hydrogens is 512 g/mol. The topological polar surface area (TPSA) is 95.0 Å². The van der Waals surface area contributed by atoms with Crippen molar-refractivity contribution in [3.63, 3.8) is 0 Å². The molecule has 4 aromatic rings. The van der Waals surface area contributed by atoms with Crippen LogP contribution in [-0.4, -0.2) is 69.9 Å². The van der Waals surface area contributed by atoms with E-state index in [9.17, 15) is 9.59 Å². The summed E-state index contributed by atoms with van der Waals surface area (Å²) in [5.41, 5.74) is 7.34. The van der Waals surface area contributed by atoms with Gasteiger partial charge in [0.1, 0.15) is 5.75 Å². The Hall–Kier alpha value is -3.47. The van der Waals surface area contributed by atoms with Gasteiger partial charge in [0, 0.05) is 72.6 Å². The van der Waals surface area contributed by atoms with E-state index in [0.717, 1.165) is 59.9 Å². The van der Waals surface area contributed by atoms with Crippen LogP contribution in [0.15, 0.2) is 40.9 Å². The first-order valence-electron chi connectivity index (χ1n) is 13.4. The third-order valence-corrected chi connectivity index (χ3v) is 8.65. The second kappa shape index (κ2) is 11.3. The van der Waals surface area contributed by atoms with Gasteiger partial charge in [-0.1, -0.05) is 6.92 Å². The highest BCUT2D eigenvalue weighted by Crippen LogP contribution is 2.33. The number of thiazole rings is 1. The molecule has 0 bridgehead atoms. The van der Waals surface area contributed by atoms with Crippen molar-refractivity contribution in [2.24, 2.45) is 0 Å². The molecule has 1 fully saturated rings. The number of piperazine rings is 1. The van der Waals surface area contributed by atoms with Crippen molar-refractivity contribution in [2.45, 2.75) is 40.3 Å². The second-order valence-electron chi connectivity index (χ2n) is 10.1. The molecule has 1 saturated heterocycles. The van der Waals surface area contributed by atoms with Crippen LogP contribution in [0.2, 0.25) is 0 Å². The van der Waals surface area contributed by atoms with Crippen molar-refractivity contribution in [3.8, 4) is 16.2 Å². The van der Waals surface area contributed by atoms with Crippen LogP contribution in [-0.2, 0) is 6.54 Å². The predicted octanol–water partition coefficient (Wildman–Crippen LogP) is 4.01. The molecule has 4 aromatic heterocycles. The number of nitrogens with one attached hydrogen (secondary N) is 2. The summed E-state index contributed by atoms with van der Waals surface area (Å²) in [7, 11) is 1.53. The van der Waals surface area contributed by atoms with Crippen molar-refractivity contribution in [1.82, 2.24) is 29.5 Å². The number of hydrogen-bond donors (Lipinski definition) is 2. The van der Waals surface area contributed by atoms with Crippen LogP contribution < -0.4 is 15.6 Å². The van der Waals surface area contributed by atoms with Crippen LogP contribution in [0.5, 0.6) is 5.75 Å².